The van der Waals surface area contributed by atoms with Crippen LogP contribution in [0.4, 0.5) is 0 Å². The van der Waals surface area contributed by atoms with Crippen LogP contribution in [0.15, 0.2) is 28.7 Å². The van der Waals surface area contributed by atoms with Crippen LogP contribution < -0.4 is 5.32 Å². The van der Waals surface area contributed by atoms with Gasteiger partial charge in [-0.15, -0.1) is 0 Å². The summed E-state index contributed by atoms with van der Waals surface area (Å²) in [5.41, 5.74) is 1.37. The first-order valence-corrected chi connectivity index (χ1v) is 8.59. The maximum Gasteiger partial charge on any atom is 0.0330 e. The summed E-state index contributed by atoms with van der Waals surface area (Å²) in [6, 6.07) is 9.08. The van der Waals surface area contributed by atoms with Gasteiger partial charge in [-0.05, 0) is 63.5 Å². The molecule has 2 nitrogen and oxygen atoms in total. The Balaban J connectivity index is 1.80. The van der Waals surface area contributed by atoms with Gasteiger partial charge in [0.2, 0.25) is 0 Å². The second-order valence-electron chi connectivity index (χ2n) is 6.10. The highest BCUT2D eigenvalue weighted by atomic mass is 79.9. The van der Waals surface area contributed by atoms with E-state index in [2.05, 4.69) is 64.5 Å². The summed E-state index contributed by atoms with van der Waals surface area (Å²) in [5, 5.41) is 3.45. The van der Waals surface area contributed by atoms with Crippen molar-refractivity contribution in [3.05, 3.63) is 34.3 Å². The van der Waals surface area contributed by atoms with Crippen LogP contribution in [0.1, 0.15) is 43.7 Å². The maximum atomic E-state index is 3.56. The van der Waals surface area contributed by atoms with Gasteiger partial charge >= 0.3 is 0 Å². The fourth-order valence-corrected chi connectivity index (χ4v) is 3.69. The topological polar surface area (TPSA) is 15.3 Å². The fourth-order valence-electron chi connectivity index (χ4n) is 3.28. The highest BCUT2D eigenvalue weighted by molar-refractivity contribution is 9.10. The molecule has 1 aromatic rings. The zero-order valence-electron chi connectivity index (χ0n) is 12.7. The van der Waals surface area contributed by atoms with Crippen molar-refractivity contribution < 1.29 is 0 Å². The second-order valence-corrected chi connectivity index (χ2v) is 7.01. The van der Waals surface area contributed by atoms with E-state index in [0.29, 0.717) is 6.04 Å². The standard InChI is InChI=1S/C17H27BrN2/c1-19-17(15-8-5-9-16(18)12-15)10-11-20(2)13-14-6-3-4-7-14/h5,8-9,12,14,17,19H,3-4,6-7,10-11,13H2,1-2H3. The van der Waals surface area contributed by atoms with Gasteiger partial charge < -0.3 is 10.2 Å². The first-order chi connectivity index (χ1) is 9.69. The smallest absolute Gasteiger partial charge is 0.0330 e. The van der Waals surface area contributed by atoms with Gasteiger partial charge in [-0.25, -0.2) is 0 Å². The number of hydrogen-bond acceptors (Lipinski definition) is 2. The molecule has 0 bridgehead atoms. The maximum absolute atomic E-state index is 3.56. The molecule has 0 aliphatic heterocycles. The lowest BCUT2D eigenvalue weighted by atomic mass is 10.0. The molecule has 1 atom stereocenters. The number of nitrogens with one attached hydrogen (secondary N) is 1. The fraction of sp³-hybridized carbons (Fsp3) is 0.647. The van der Waals surface area contributed by atoms with Crippen molar-refractivity contribution >= 4 is 15.9 Å². The third-order valence-corrected chi connectivity index (χ3v) is 4.94. The number of halogens is 1. The molecular weight excluding hydrogens is 312 g/mol. The lowest BCUT2D eigenvalue weighted by Gasteiger charge is -2.24. The highest BCUT2D eigenvalue weighted by Crippen LogP contribution is 2.26. The molecule has 1 unspecified atom stereocenters. The summed E-state index contributed by atoms with van der Waals surface area (Å²) in [6.07, 6.45) is 6.92. The van der Waals surface area contributed by atoms with E-state index in [0.717, 1.165) is 23.4 Å². The van der Waals surface area contributed by atoms with Gasteiger partial charge in [-0.1, -0.05) is 40.9 Å². The van der Waals surface area contributed by atoms with E-state index >= 15 is 0 Å². The molecule has 0 amide bonds. The van der Waals surface area contributed by atoms with Crippen LogP contribution in [-0.2, 0) is 0 Å². The van der Waals surface area contributed by atoms with E-state index in [9.17, 15) is 0 Å². The average Bonchev–Trinajstić information content (AvgIpc) is 2.92. The molecule has 3 heteroatoms. The molecule has 0 radical (unpaired) electrons. The van der Waals surface area contributed by atoms with Crippen LogP contribution in [0, 0.1) is 5.92 Å². The SMILES string of the molecule is CNC(CCN(C)CC1CCCC1)c1cccc(Br)c1. The summed E-state index contributed by atoms with van der Waals surface area (Å²) < 4.78 is 1.16. The molecule has 20 heavy (non-hydrogen) atoms. The van der Waals surface area contributed by atoms with Crippen LogP contribution >= 0.6 is 15.9 Å². The van der Waals surface area contributed by atoms with Gasteiger partial charge in [-0.3, -0.25) is 0 Å². The van der Waals surface area contributed by atoms with E-state index < -0.39 is 0 Å². The van der Waals surface area contributed by atoms with Crippen LogP contribution in [0.2, 0.25) is 0 Å². The minimum atomic E-state index is 0.443. The van der Waals surface area contributed by atoms with Crippen LogP contribution in [0.25, 0.3) is 0 Å². The predicted molar refractivity (Wildman–Crippen MR) is 90.0 cm³/mol. The van der Waals surface area contributed by atoms with Gasteiger partial charge in [0.25, 0.3) is 0 Å². The monoisotopic (exact) mass is 338 g/mol. The molecule has 0 heterocycles. The largest absolute Gasteiger partial charge is 0.313 e. The van der Waals surface area contributed by atoms with Crippen molar-refractivity contribution in [1.29, 1.82) is 0 Å². The Morgan fingerprint density at radius 3 is 2.75 bits per heavy atom. The second kappa shape index (κ2) is 8.16. The first kappa shape index (κ1) is 16.0. The number of benzene rings is 1. The lowest BCUT2D eigenvalue weighted by molar-refractivity contribution is 0.264. The van der Waals surface area contributed by atoms with Gasteiger partial charge in [0.15, 0.2) is 0 Å². The Kier molecular flexibility index (Phi) is 6.53. The van der Waals surface area contributed by atoms with E-state index in [-0.39, 0.29) is 0 Å². The molecule has 0 aromatic heterocycles. The Bertz CT molecular complexity index is 402. The summed E-state index contributed by atoms with van der Waals surface area (Å²) in [6.45, 7) is 2.43. The third kappa shape index (κ3) is 4.87. The summed E-state index contributed by atoms with van der Waals surface area (Å²) in [7, 11) is 4.33. The molecule has 1 N–H and O–H groups in total. The summed E-state index contributed by atoms with van der Waals surface area (Å²) in [4.78, 5) is 2.51. The van der Waals surface area contributed by atoms with Crippen molar-refractivity contribution in [1.82, 2.24) is 10.2 Å². The lowest BCUT2D eigenvalue weighted by Crippen LogP contribution is -2.29. The summed E-state index contributed by atoms with van der Waals surface area (Å²) in [5.74, 6) is 0.943. The number of rotatable bonds is 7. The molecule has 0 spiro atoms. The normalized spacial score (nSPS) is 17.8. The minimum absolute atomic E-state index is 0.443. The van der Waals surface area contributed by atoms with Crippen molar-refractivity contribution in [3.8, 4) is 0 Å². The summed E-state index contributed by atoms with van der Waals surface area (Å²) >= 11 is 3.56. The van der Waals surface area contributed by atoms with Crippen LogP contribution in [-0.4, -0.2) is 32.1 Å². The van der Waals surface area contributed by atoms with Crippen molar-refractivity contribution in [2.45, 2.75) is 38.1 Å². The van der Waals surface area contributed by atoms with Gasteiger partial charge in [0.05, 0.1) is 0 Å². The first-order valence-electron chi connectivity index (χ1n) is 7.80. The molecule has 112 valence electrons. The molecule has 1 aromatic carbocycles. The van der Waals surface area contributed by atoms with Crippen molar-refractivity contribution in [3.63, 3.8) is 0 Å². The number of nitrogens with zero attached hydrogens (tertiary/aromatic N) is 1. The van der Waals surface area contributed by atoms with Crippen molar-refractivity contribution in [2.75, 3.05) is 27.2 Å². The van der Waals surface area contributed by atoms with Crippen LogP contribution in [0.3, 0.4) is 0 Å². The van der Waals surface area contributed by atoms with E-state index in [1.165, 1.54) is 37.8 Å². The van der Waals surface area contributed by atoms with E-state index in [1.807, 2.05) is 0 Å². The molecule has 1 fully saturated rings. The van der Waals surface area contributed by atoms with Gasteiger partial charge in [0.1, 0.15) is 0 Å². The van der Waals surface area contributed by atoms with E-state index in [4.69, 9.17) is 0 Å². The average molecular weight is 339 g/mol. The Morgan fingerprint density at radius 2 is 2.10 bits per heavy atom. The third-order valence-electron chi connectivity index (χ3n) is 4.44. The minimum Gasteiger partial charge on any atom is -0.313 e. The Morgan fingerprint density at radius 1 is 1.35 bits per heavy atom. The number of hydrogen-bond donors (Lipinski definition) is 1. The molecule has 1 aliphatic carbocycles. The molecular formula is C17H27BrN2. The zero-order chi connectivity index (χ0) is 14.4. The van der Waals surface area contributed by atoms with Gasteiger partial charge in [-0.2, -0.15) is 0 Å². The Labute approximate surface area is 132 Å². The molecule has 0 saturated heterocycles. The van der Waals surface area contributed by atoms with E-state index in [1.54, 1.807) is 0 Å². The highest BCUT2D eigenvalue weighted by Gasteiger charge is 2.17. The van der Waals surface area contributed by atoms with Crippen LogP contribution in [0.5, 0.6) is 0 Å². The predicted octanol–water partition coefficient (Wildman–Crippen LogP) is 4.22. The quantitative estimate of drug-likeness (QED) is 0.800. The molecule has 1 saturated carbocycles. The van der Waals surface area contributed by atoms with Crippen molar-refractivity contribution in [2.24, 2.45) is 5.92 Å². The Hall–Kier alpha value is -0.380. The zero-order valence-corrected chi connectivity index (χ0v) is 14.3. The molecule has 2 rings (SSSR count). The van der Waals surface area contributed by atoms with Gasteiger partial charge in [0, 0.05) is 17.1 Å². The molecule has 1 aliphatic rings.